The minimum absolute atomic E-state index is 0.153. The minimum Gasteiger partial charge on any atom is -0.480 e. The van der Waals surface area contributed by atoms with Gasteiger partial charge >= 0.3 is 5.97 Å². The van der Waals surface area contributed by atoms with E-state index in [0.717, 1.165) is 11.3 Å². The number of rotatable bonds is 6. The summed E-state index contributed by atoms with van der Waals surface area (Å²) in [5.41, 5.74) is 0. The summed E-state index contributed by atoms with van der Waals surface area (Å²) in [6.07, 6.45) is 0.909. The van der Waals surface area contributed by atoms with Gasteiger partial charge in [-0.25, -0.2) is 13.1 Å². The SMILES string of the molecule is CCc1ccc(CNS(=O)(=O)CC(=O)O)s1. The first-order valence-electron chi connectivity index (χ1n) is 4.69. The van der Waals surface area contributed by atoms with Crippen molar-refractivity contribution in [2.45, 2.75) is 19.9 Å². The summed E-state index contributed by atoms with van der Waals surface area (Å²) in [5.74, 6) is -2.24. The van der Waals surface area contributed by atoms with Gasteiger partial charge in [-0.05, 0) is 18.6 Å². The molecule has 0 spiro atoms. The molecule has 0 atom stereocenters. The molecule has 0 radical (unpaired) electrons. The van der Waals surface area contributed by atoms with Crippen molar-refractivity contribution in [3.63, 3.8) is 0 Å². The van der Waals surface area contributed by atoms with Crippen molar-refractivity contribution in [2.75, 3.05) is 5.75 Å². The molecular formula is C9H13NO4S2. The Bertz CT molecular complexity index is 464. The predicted molar refractivity (Wildman–Crippen MR) is 62.0 cm³/mol. The smallest absolute Gasteiger partial charge is 0.320 e. The number of aryl methyl sites for hydroxylation is 1. The molecule has 1 aromatic rings. The lowest BCUT2D eigenvalue weighted by Crippen LogP contribution is -2.29. The first kappa shape index (κ1) is 13.1. The molecule has 0 fully saturated rings. The van der Waals surface area contributed by atoms with Crippen molar-refractivity contribution >= 4 is 27.3 Å². The van der Waals surface area contributed by atoms with E-state index < -0.39 is 21.7 Å². The second-order valence-electron chi connectivity index (χ2n) is 3.20. The van der Waals surface area contributed by atoms with Crippen LogP contribution in [0.25, 0.3) is 0 Å². The Hall–Kier alpha value is -0.920. The van der Waals surface area contributed by atoms with Crippen LogP contribution in [0.4, 0.5) is 0 Å². The lowest BCUT2D eigenvalue weighted by molar-refractivity contribution is -0.134. The van der Waals surface area contributed by atoms with Gasteiger partial charge in [-0.3, -0.25) is 4.79 Å². The lowest BCUT2D eigenvalue weighted by Gasteiger charge is -2.02. The molecule has 1 aromatic heterocycles. The van der Waals surface area contributed by atoms with Crippen molar-refractivity contribution in [2.24, 2.45) is 0 Å². The molecule has 0 unspecified atom stereocenters. The molecule has 90 valence electrons. The normalized spacial score (nSPS) is 11.6. The van der Waals surface area contributed by atoms with Crippen LogP contribution in [0.15, 0.2) is 12.1 Å². The van der Waals surface area contributed by atoms with E-state index in [1.165, 1.54) is 16.2 Å². The Kier molecular flexibility index (Phi) is 4.45. The number of thiophene rings is 1. The van der Waals surface area contributed by atoms with Crippen LogP contribution < -0.4 is 4.72 Å². The van der Waals surface area contributed by atoms with E-state index in [4.69, 9.17) is 5.11 Å². The molecule has 5 nitrogen and oxygen atoms in total. The van der Waals surface area contributed by atoms with Gasteiger partial charge in [-0.15, -0.1) is 11.3 Å². The minimum atomic E-state index is -3.72. The van der Waals surface area contributed by atoms with Crippen LogP contribution >= 0.6 is 11.3 Å². The van der Waals surface area contributed by atoms with Gasteiger partial charge in [0.05, 0.1) is 0 Å². The molecule has 2 N–H and O–H groups in total. The van der Waals surface area contributed by atoms with E-state index in [-0.39, 0.29) is 6.54 Å². The van der Waals surface area contributed by atoms with Crippen LogP contribution in [0.2, 0.25) is 0 Å². The van der Waals surface area contributed by atoms with E-state index in [1.807, 2.05) is 19.1 Å². The Balaban J connectivity index is 2.54. The van der Waals surface area contributed by atoms with E-state index >= 15 is 0 Å². The maximum atomic E-state index is 11.2. The molecule has 0 saturated carbocycles. The highest BCUT2D eigenvalue weighted by Gasteiger charge is 2.15. The molecule has 0 aliphatic rings. The number of aliphatic carboxylic acids is 1. The summed E-state index contributed by atoms with van der Waals surface area (Å²) >= 11 is 1.52. The zero-order valence-electron chi connectivity index (χ0n) is 8.76. The predicted octanol–water partition coefficient (Wildman–Crippen LogP) is 0.815. The van der Waals surface area contributed by atoms with Crippen molar-refractivity contribution < 1.29 is 18.3 Å². The molecular weight excluding hydrogens is 250 g/mol. The standard InChI is InChI=1S/C9H13NO4S2/c1-2-7-3-4-8(15-7)5-10-16(13,14)6-9(11)12/h3-4,10H,2,5-6H2,1H3,(H,11,12). The first-order valence-corrected chi connectivity index (χ1v) is 7.16. The number of hydrogen-bond acceptors (Lipinski definition) is 4. The van der Waals surface area contributed by atoms with E-state index in [1.54, 1.807) is 0 Å². The average Bonchev–Trinajstić information content (AvgIpc) is 2.60. The highest BCUT2D eigenvalue weighted by Crippen LogP contribution is 2.16. The van der Waals surface area contributed by atoms with Gasteiger partial charge in [0, 0.05) is 16.3 Å². The Morgan fingerprint density at radius 3 is 2.56 bits per heavy atom. The third-order valence-electron chi connectivity index (χ3n) is 1.85. The Labute approximate surface area is 98.2 Å². The van der Waals surface area contributed by atoms with Crippen LogP contribution in [0.1, 0.15) is 16.7 Å². The largest absolute Gasteiger partial charge is 0.480 e. The highest BCUT2D eigenvalue weighted by molar-refractivity contribution is 7.90. The van der Waals surface area contributed by atoms with Gasteiger partial charge in [0.15, 0.2) is 5.75 Å². The fourth-order valence-corrected chi connectivity index (χ4v) is 2.89. The van der Waals surface area contributed by atoms with Gasteiger partial charge in [-0.1, -0.05) is 6.92 Å². The first-order chi connectivity index (χ1) is 7.43. The maximum Gasteiger partial charge on any atom is 0.320 e. The summed E-state index contributed by atoms with van der Waals surface area (Å²) in [5, 5.41) is 8.37. The Morgan fingerprint density at radius 2 is 2.06 bits per heavy atom. The van der Waals surface area contributed by atoms with E-state index in [2.05, 4.69) is 4.72 Å². The number of hydrogen-bond donors (Lipinski definition) is 2. The zero-order chi connectivity index (χ0) is 12.2. The average molecular weight is 263 g/mol. The topological polar surface area (TPSA) is 83.5 Å². The maximum absolute atomic E-state index is 11.2. The van der Waals surface area contributed by atoms with Crippen LogP contribution in [0, 0.1) is 0 Å². The quantitative estimate of drug-likeness (QED) is 0.795. The van der Waals surface area contributed by atoms with Gasteiger partial charge in [0.25, 0.3) is 0 Å². The molecule has 7 heteroatoms. The van der Waals surface area contributed by atoms with Gasteiger partial charge in [0.1, 0.15) is 0 Å². The number of carboxylic acid groups (broad SMARTS) is 1. The van der Waals surface area contributed by atoms with Crippen LogP contribution in [0.3, 0.4) is 0 Å². The summed E-state index contributed by atoms with van der Waals surface area (Å²) in [7, 11) is -3.72. The monoisotopic (exact) mass is 263 g/mol. The van der Waals surface area contributed by atoms with Gasteiger partial charge in [0.2, 0.25) is 10.0 Å². The molecule has 16 heavy (non-hydrogen) atoms. The third-order valence-corrected chi connectivity index (χ3v) is 4.29. The van der Waals surface area contributed by atoms with Crippen LogP contribution in [-0.4, -0.2) is 25.2 Å². The van der Waals surface area contributed by atoms with Crippen molar-refractivity contribution in [3.05, 3.63) is 21.9 Å². The van der Waals surface area contributed by atoms with Crippen molar-refractivity contribution in [1.82, 2.24) is 4.72 Å². The molecule has 0 amide bonds. The zero-order valence-corrected chi connectivity index (χ0v) is 10.4. The van der Waals surface area contributed by atoms with E-state index in [9.17, 15) is 13.2 Å². The summed E-state index contributed by atoms with van der Waals surface area (Å²) in [4.78, 5) is 12.3. The van der Waals surface area contributed by atoms with Crippen molar-refractivity contribution in [3.8, 4) is 0 Å². The summed E-state index contributed by atoms with van der Waals surface area (Å²) in [6, 6.07) is 3.78. The van der Waals surface area contributed by atoms with Crippen LogP contribution in [-0.2, 0) is 27.8 Å². The number of nitrogens with one attached hydrogen (secondary N) is 1. The molecule has 1 heterocycles. The third kappa shape index (κ3) is 4.30. The molecule has 0 saturated heterocycles. The second kappa shape index (κ2) is 5.42. The van der Waals surface area contributed by atoms with Gasteiger partial charge in [-0.2, -0.15) is 0 Å². The lowest BCUT2D eigenvalue weighted by atomic mass is 10.4. The summed E-state index contributed by atoms with van der Waals surface area (Å²) < 4.78 is 24.7. The highest BCUT2D eigenvalue weighted by atomic mass is 32.2. The van der Waals surface area contributed by atoms with Crippen molar-refractivity contribution in [1.29, 1.82) is 0 Å². The number of sulfonamides is 1. The molecule has 0 aromatic carbocycles. The molecule has 1 rings (SSSR count). The Morgan fingerprint density at radius 1 is 1.44 bits per heavy atom. The molecule has 0 bridgehead atoms. The molecule has 0 aliphatic carbocycles. The fourth-order valence-electron chi connectivity index (χ4n) is 1.10. The van der Waals surface area contributed by atoms with Gasteiger partial charge < -0.3 is 5.11 Å². The van der Waals surface area contributed by atoms with Crippen LogP contribution in [0.5, 0.6) is 0 Å². The van der Waals surface area contributed by atoms with E-state index in [0.29, 0.717) is 0 Å². The molecule has 0 aliphatic heterocycles. The fraction of sp³-hybridized carbons (Fsp3) is 0.444. The summed E-state index contributed by atoms with van der Waals surface area (Å²) in [6.45, 7) is 2.17. The number of carboxylic acids is 1. The second-order valence-corrected chi connectivity index (χ2v) is 6.26. The number of carbonyl (C=O) groups is 1.